The van der Waals surface area contributed by atoms with Crippen LogP contribution in [0.5, 0.6) is 17.2 Å². The summed E-state index contributed by atoms with van der Waals surface area (Å²) in [6.45, 7) is 15.6. The van der Waals surface area contributed by atoms with Gasteiger partial charge in [-0.2, -0.15) is 0 Å². The first-order chi connectivity index (χ1) is 22.9. The van der Waals surface area contributed by atoms with Crippen molar-refractivity contribution < 1.29 is 42.7 Å². The molecule has 3 aromatic rings. The third-order valence-electron chi connectivity index (χ3n) is 7.44. The van der Waals surface area contributed by atoms with Gasteiger partial charge in [0.15, 0.2) is 0 Å². The summed E-state index contributed by atoms with van der Waals surface area (Å²) in [6, 6.07) is 21.9. The minimum Gasteiger partial charge on any atom is -0.497 e. The van der Waals surface area contributed by atoms with Crippen LogP contribution in [0.4, 0.5) is 0 Å². The van der Waals surface area contributed by atoms with E-state index in [2.05, 4.69) is 41.5 Å². The molecule has 0 aromatic heterocycles. The van der Waals surface area contributed by atoms with E-state index in [-0.39, 0.29) is 29.3 Å². The summed E-state index contributed by atoms with van der Waals surface area (Å²) in [7, 11) is 1.64. The number of carbonyl (C=O) groups excluding carboxylic acids is 2. The Hall–Kier alpha value is -3.92. The van der Waals surface area contributed by atoms with Crippen molar-refractivity contribution in [2.45, 2.75) is 48.0 Å². The second-order valence-electron chi connectivity index (χ2n) is 13.7. The number of rotatable bonds is 19. The van der Waals surface area contributed by atoms with E-state index >= 15 is 0 Å². The van der Waals surface area contributed by atoms with Crippen molar-refractivity contribution in [1.29, 1.82) is 0 Å². The molecule has 1 atom stereocenters. The lowest BCUT2D eigenvalue weighted by molar-refractivity contribution is -0.155. The third kappa shape index (κ3) is 14.1. The van der Waals surface area contributed by atoms with Crippen molar-refractivity contribution in [2.24, 2.45) is 16.7 Å². The number of ether oxygens (including phenoxy) is 7. The summed E-state index contributed by atoms with van der Waals surface area (Å²) in [5.74, 6) is 1.11. The average molecular weight is 665 g/mol. The Morgan fingerprint density at radius 2 is 1.04 bits per heavy atom. The fourth-order valence-corrected chi connectivity index (χ4v) is 4.77. The van der Waals surface area contributed by atoms with Crippen molar-refractivity contribution in [3.8, 4) is 28.4 Å². The second-order valence-corrected chi connectivity index (χ2v) is 13.7. The molecule has 3 aromatic carbocycles. The lowest BCUT2D eigenvalue weighted by Crippen LogP contribution is -2.34. The summed E-state index contributed by atoms with van der Waals surface area (Å²) >= 11 is 0. The van der Waals surface area contributed by atoms with Gasteiger partial charge >= 0.3 is 11.9 Å². The lowest BCUT2D eigenvalue weighted by atomic mass is 9.72. The topological polar surface area (TPSA) is 98.8 Å². The Labute approximate surface area is 285 Å². The van der Waals surface area contributed by atoms with Gasteiger partial charge in [0.1, 0.15) is 30.5 Å². The van der Waals surface area contributed by atoms with Gasteiger partial charge in [-0.05, 0) is 76.9 Å². The van der Waals surface area contributed by atoms with Gasteiger partial charge in [-0.1, -0.05) is 65.8 Å². The Balaban J connectivity index is 1.21. The monoisotopic (exact) mass is 664 g/mol. The Bertz CT molecular complexity index is 1370. The highest BCUT2D eigenvalue weighted by molar-refractivity contribution is 5.91. The lowest BCUT2D eigenvalue weighted by Gasteiger charge is -2.33. The van der Waals surface area contributed by atoms with Crippen LogP contribution in [0.2, 0.25) is 0 Å². The van der Waals surface area contributed by atoms with Crippen LogP contribution in [0.15, 0.2) is 72.8 Å². The standard InChI is InChI=1S/C39H52O9/c1-38(2,3)28-35(39(4,5)6)37(41)47-27-25-45-23-21-43-20-22-44-24-26-46-33-16-12-31(13-17-33)36(40)48-34-18-10-30(11-19-34)29-8-14-32(42-7)15-9-29/h8-19,35H,20-28H2,1-7H3. The highest BCUT2D eigenvalue weighted by Crippen LogP contribution is 2.36. The average Bonchev–Trinajstić information content (AvgIpc) is 3.05. The molecule has 9 heteroatoms. The summed E-state index contributed by atoms with van der Waals surface area (Å²) < 4.78 is 38.5. The Kier molecular flexibility index (Phi) is 15.4. The first kappa shape index (κ1) is 38.5. The van der Waals surface area contributed by atoms with Crippen LogP contribution in [-0.2, 0) is 23.7 Å². The number of esters is 2. The first-order valence-corrected chi connectivity index (χ1v) is 16.4. The van der Waals surface area contributed by atoms with Gasteiger partial charge in [-0.3, -0.25) is 4.79 Å². The minimum atomic E-state index is -0.447. The maximum absolute atomic E-state index is 12.6. The summed E-state index contributed by atoms with van der Waals surface area (Å²) in [6.07, 6.45) is 0.772. The van der Waals surface area contributed by atoms with Crippen LogP contribution < -0.4 is 14.2 Å². The van der Waals surface area contributed by atoms with Crippen molar-refractivity contribution in [3.63, 3.8) is 0 Å². The molecular formula is C39H52O9. The summed E-state index contributed by atoms with van der Waals surface area (Å²) in [4.78, 5) is 25.2. The van der Waals surface area contributed by atoms with Gasteiger partial charge in [0.05, 0.1) is 58.2 Å². The molecule has 0 N–H and O–H groups in total. The van der Waals surface area contributed by atoms with Gasteiger partial charge in [0.2, 0.25) is 0 Å². The van der Waals surface area contributed by atoms with Crippen LogP contribution in [0.3, 0.4) is 0 Å². The van der Waals surface area contributed by atoms with Crippen molar-refractivity contribution in [3.05, 3.63) is 78.4 Å². The molecule has 0 fully saturated rings. The van der Waals surface area contributed by atoms with E-state index < -0.39 is 5.97 Å². The largest absolute Gasteiger partial charge is 0.497 e. The predicted molar refractivity (Wildman–Crippen MR) is 186 cm³/mol. The zero-order valence-electron chi connectivity index (χ0n) is 29.5. The van der Waals surface area contributed by atoms with Crippen molar-refractivity contribution in [1.82, 2.24) is 0 Å². The van der Waals surface area contributed by atoms with E-state index in [9.17, 15) is 9.59 Å². The Morgan fingerprint density at radius 1 is 0.583 bits per heavy atom. The van der Waals surface area contributed by atoms with Crippen LogP contribution >= 0.6 is 0 Å². The molecule has 0 heterocycles. The molecular weight excluding hydrogens is 612 g/mol. The molecule has 1 unspecified atom stereocenters. The maximum atomic E-state index is 12.6. The molecule has 0 bridgehead atoms. The fraction of sp³-hybridized carbons (Fsp3) is 0.487. The minimum absolute atomic E-state index is 0.0444. The SMILES string of the molecule is COc1ccc(-c2ccc(OC(=O)c3ccc(OCCOCCOCCOCCOC(=O)C(CC(C)(C)C)C(C)(C)C)cc3)cc2)cc1. The van der Waals surface area contributed by atoms with Gasteiger partial charge in [-0.15, -0.1) is 0 Å². The van der Waals surface area contributed by atoms with E-state index in [0.29, 0.717) is 63.3 Å². The molecule has 9 nitrogen and oxygen atoms in total. The van der Waals surface area contributed by atoms with E-state index in [1.54, 1.807) is 43.5 Å². The number of carbonyl (C=O) groups is 2. The maximum Gasteiger partial charge on any atom is 0.343 e. The molecule has 262 valence electrons. The van der Waals surface area contributed by atoms with Gasteiger partial charge in [0.25, 0.3) is 0 Å². The number of benzene rings is 3. The molecule has 0 saturated heterocycles. The number of hydrogen-bond donors (Lipinski definition) is 0. The van der Waals surface area contributed by atoms with Gasteiger partial charge < -0.3 is 33.2 Å². The first-order valence-electron chi connectivity index (χ1n) is 16.4. The Morgan fingerprint density at radius 3 is 1.52 bits per heavy atom. The molecule has 3 rings (SSSR count). The zero-order valence-corrected chi connectivity index (χ0v) is 29.5. The quantitative estimate of drug-likeness (QED) is 0.0727. The highest BCUT2D eigenvalue weighted by atomic mass is 16.6. The van der Waals surface area contributed by atoms with Crippen LogP contribution in [0.1, 0.15) is 58.3 Å². The summed E-state index contributed by atoms with van der Waals surface area (Å²) in [5, 5.41) is 0. The normalized spacial score (nSPS) is 12.3. The number of methoxy groups -OCH3 is 1. The molecule has 0 amide bonds. The fourth-order valence-electron chi connectivity index (χ4n) is 4.77. The molecule has 0 aliphatic carbocycles. The van der Waals surface area contributed by atoms with Gasteiger partial charge in [0, 0.05) is 0 Å². The van der Waals surface area contributed by atoms with Crippen LogP contribution in [0.25, 0.3) is 11.1 Å². The molecule has 48 heavy (non-hydrogen) atoms. The van der Waals surface area contributed by atoms with E-state index in [0.717, 1.165) is 23.3 Å². The van der Waals surface area contributed by atoms with Crippen molar-refractivity contribution >= 4 is 11.9 Å². The zero-order chi connectivity index (χ0) is 35.0. The van der Waals surface area contributed by atoms with E-state index in [4.69, 9.17) is 33.2 Å². The highest BCUT2D eigenvalue weighted by Gasteiger charge is 2.35. The van der Waals surface area contributed by atoms with E-state index in [1.807, 2.05) is 36.4 Å². The number of hydrogen-bond acceptors (Lipinski definition) is 9. The summed E-state index contributed by atoms with van der Waals surface area (Å²) in [5.41, 5.74) is 2.35. The van der Waals surface area contributed by atoms with Crippen molar-refractivity contribution in [2.75, 3.05) is 60.0 Å². The third-order valence-corrected chi connectivity index (χ3v) is 7.44. The molecule has 0 aliphatic rings. The predicted octanol–water partition coefficient (Wildman–Crippen LogP) is 7.65. The molecule has 0 radical (unpaired) electrons. The van der Waals surface area contributed by atoms with Gasteiger partial charge in [-0.25, -0.2) is 4.79 Å². The molecule has 0 saturated carbocycles. The second kappa shape index (κ2) is 19.2. The smallest absolute Gasteiger partial charge is 0.343 e. The molecule has 0 aliphatic heterocycles. The molecule has 0 spiro atoms. The van der Waals surface area contributed by atoms with Crippen LogP contribution in [0, 0.1) is 16.7 Å². The van der Waals surface area contributed by atoms with E-state index in [1.165, 1.54) is 0 Å². The van der Waals surface area contributed by atoms with Crippen LogP contribution in [-0.4, -0.2) is 71.9 Å².